The SMILES string of the molecule is CN(CC(N)=O)C(=O)C1CC2CCC1N2. The Kier molecular flexibility index (Phi) is 2.65. The number of amides is 2. The Morgan fingerprint density at radius 3 is 2.67 bits per heavy atom. The van der Waals surface area contributed by atoms with Gasteiger partial charge in [-0.1, -0.05) is 0 Å². The number of primary amides is 1. The minimum Gasteiger partial charge on any atom is -0.368 e. The zero-order chi connectivity index (χ0) is 11.0. The summed E-state index contributed by atoms with van der Waals surface area (Å²) in [4.78, 5) is 24.1. The fourth-order valence-corrected chi connectivity index (χ4v) is 2.69. The molecule has 15 heavy (non-hydrogen) atoms. The average Bonchev–Trinajstić information content (AvgIpc) is 2.76. The normalized spacial score (nSPS) is 33.0. The van der Waals surface area contributed by atoms with Gasteiger partial charge in [0, 0.05) is 19.1 Å². The van der Waals surface area contributed by atoms with Crippen molar-refractivity contribution < 1.29 is 9.59 Å². The van der Waals surface area contributed by atoms with Crippen molar-refractivity contribution in [1.29, 1.82) is 0 Å². The fraction of sp³-hybridized carbons (Fsp3) is 0.800. The summed E-state index contributed by atoms with van der Waals surface area (Å²) in [6, 6.07) is 0.823. The molecule has 0 aliphatic carbocycles. The maximum atomic E-state index is 11.9. The Morgan fingerprint density at radius 2 is 2.20 bits per heavy atom. The predicted molar refractivity (Wildman–Crippen MR) is 54.9 cm³/mol. The first-order valence-corrected chi connectivity index (χ1v) is 5.37. The molecule has 0 spiro atoms. The van der Waals surface area contributed by atoms with E-state index in [-0.39, 0.29) is 18.4 Å². The summed E-state index contributed by atoms with van der Waals surface area (Å²) in [5.74, 6) is -0.358. The van der Waals surface area contributed by atoms with Crippen LogP contribution in [0.25, 0.3) is 0 Å². The molecule has 0 aromatic heterocycles. The lowest BCUT2D eigenvalue weighted by atomic mass is 9.88. The number of rotatable bonds is 3. The molecule has 0 aromatic carbocycles. The van der Waals surface area contributed by atoms with Gasteiger partial charge in [-0.15, -0.1) is 0 Å². The number of nitrogens with two attached hydrogens (primary N) is 1. The molecule has 3 unspecified atom stereocenters. The summed E-state index contributed by atoms with van der Waals surface area (Å²) in [7, 11) is 1.64. The van der Waals surface area contributed by atoms with Gasteiger partial charge in [-0.05, 0) is 19.3 Å². The first kappa shape index (κ1) is 10.4. The van der Waals surface area contributed by atoms with Crippen molar-refractivity contribution >= 4 is 11.8 Å². The number of carbonyl (C=O) groups is 2. The van der Waals surface area contributed by atoms with Crippen molar-refractivity contribution in [3.05, 3.63) is 0 Å². The number of nitrogens with zero attached hydrogens (tertiary/aromatic N) is 1. The Bertz CT molecular complexity index is 292. The molecule has 2 amide bonds. The Morgan fingerprint density at radius 1 is 1.47 bits per heavy atom. The van der Waals surface area contributed by atoms with E-state index in [1.165, 1.54) is 11.3 Å². The second kappa shape index (κ2) is 3.81. The fourth-order valence-electron chi connectivity index (χ4n) is 2.69. The third-order valence-electron chi connectivity index (χ3n) is 3.39. The van der Waals surface area contributed by atoms with E-state index in [1.54, 1.807) is 7.05 Å². The Labute approximate surface area is 89.0 Å². The minimum atomic E-state index is -0.457. The van der Waals surface area contributed by atoms with E-state index in [4.69, 9.17) is 5.73 Å². The third kappa shape index (κ3) is 1.97. The van der Waals surface area contributed by atoms with Gasteiger partial charge in [0.05, 0.1) is 12.5 Å². The third-order valence-corrected chi connectivity index (χ3v) is 3.39. The number of hydrogen-bond acceptors (Lipinski definition) is 3. The van der Waals surface area contributed by atoms with E-state index in [0.717, 1.165) is 12.8 Å². The summed E-state index contributed by atoms with van der Waals surface area (Å²) in [5.41, 5.74) is 5.06. The molecular weight excluding hydrogens is 194 g/mol. The molecule has 2 aliphatic rings. The van der Waals surface area contributed by atoms with Gasteiger partial charge < -0.3 is 16.0 Å². The van der Waals surface area contributed by atoms with Crippen LogP contribution >= 0.6 is 0 Å². The highest BCUT2D eigenvalue weighted by atomic mass is 16.2. The quantitative estimate of drug-likeness (QED) is 0.633. The summed E-state index contributed by atoms with van der Waals surface area (Å²) >= 11 is 0. The van der Waals surface area contributed by atoms with E-state index in [2.05, 4.69) is 5.32 Å². The second-order valence-corrected chi connectivity index (χ2v) is 4.55. The van der Waals surface area contributed by atoms with Gasteiger partial charge in [-0.3, -0.25) is 9.59 Å². The molecule has 2 heterocycles. The Hall–Kier alpha value is -1.10. The molecule has 0 saturated carbocycles. The monoisotopic (exact) mass is 211 g/mol. The summed E-state index contributed by atoms with van der Waals surface area (Å²) in [6.07, 6.45) is 3.16. The van der Waals surface area contributed by atoms with Crippen molar-refractivity contribution in [2.75, 3.05) is 13.6 Å². The maximum absolute atomic E-state index is 11.9. The van der Waals surface area contributed by atoms with E-state index in [9.17, 15) is 9.59 Å². The van der Waals surface area contributed by atoms with Crippen LogP contribution in [0.4, 0.5) is 0 Å². The summed E-state index contributed by atoms with van der Waals surface area (Å²) < 4.78 is 0. The van der Waals surface area contributed by atoms with Crippen LogP contribution < -0.4 is 11.1 Å². The number of fused-ring (bicyclic) bond motifs is 2. The zero-order valence-corrected chi connectivity index (χ0v) is 8.90. The largest absolute Gasteiger partial charge is 0.368 e. The number of nitrogens with one attached hydrogen (secondary N) is 1. The zero-order valence-electron chi connectivity index (χ0n) is 8.90. The average molecular weight is 211 g/mol. The van der Waals surface area contributed by atoms with Crippen LogP contribution in [-0.4, -0.2) is 42.4 Å². The highest BCUT2D eigenvalue weighted by molar-refractivity contribution is 5.85. The van der Waals surface area contributed by atoms with Crippen LogP contribution in [0, 0.1) is 5.92 Å². The molecular formula is C10H17N3O2. The molecule has 2 rings (SSSR count). The van der Waals surface area contributed by atoms with Gasteiger partial charge in [-0.25, -0.2) is 0 Å². The van der Waals surface area contributed by atoms with E-state index in [1.807, 2.05) is 0 Å². The molecule has 5 heteroatoms. The predicted octanol–water partition coefficient (Wildman–Crippen LogP) is -0.929. The molecule has 2 bridgehead atoms. The lowest BCUT2D eigenvalue weighted by molar-refractivity contribution is -0.137. The van der Waals surface area contributed by atoms with Crippen molar-refractivity contribution in [3.8, 4) is 0 Å². The lowest BCUT2D eigenvalue weighted by Gasteiger charge is -2.24. The summed E-state index contributed by atoms with van der Waals surface area (Å²) in [6.45, 7) is 0.0206. The number of carbonyl (C=O) groups excluding carboxylic acids is 2. The van der Waals surface area contributed by atoms with Crippen molar-refractivity contribution in [1.82, 2.24) is 10.2 Å². The Balaban J connectivity index is 1.93. The topological polar surface area (TPSA) is 75.4 Å². The molecule has 2 fully saturated rings. The molecule has 84 valence electrons. The second-order valence-electron chi connectivity index (χ2n) is 4.55. The summed E-state index contributed by atoms with van der Waals surface area (Å²) in [5, 5.41) is 3.40. The van der Waals surface area contributed by atoms with Crippen LogP contribution in [-0.2, 0) is 9.59 Å². The molecule has 0 radical (unpaired) electrons. The lowest BCUT2D eigenvalue weighted by Crippen LogP contribution is -2.42. The molecule has 0 aromatic rings. The van der Waals surface area contributed by atoms with Crippen LogP contribution in [0.1, 0.15) is 19.3 Å². The van der Waals surface area contributed by atoms with Gasteiger partial charge in [0.15, 0.2) is 0 Å². The smallest absolute Gasteiger partial charge is 0.237 e. The van der Waals surface area contributed by atoms with E-state index < -0.39 is 5.91 Å². The first-order chi connectivity index (χ1) is 7.08. The molecule has 2 aliphatic heterocycles. The van der Waals surface area contributed by atoms with Crippen LogP contribution in [0.15, 0.2) is 0 Å². The van der Waals surface area contributed by atoms with Gasteiger partial charge in [0.2, 0.25) is 11.8 Å². The van der Waals surface area contributed by atoms with E-state index in [0.29, 0.717) is 12.1 Å². The molecule has 3 N–H and O–H groups in total. The molecule has 2 saturated heterocycles. The number of hydrogen-bond donors (Lipinski definition) is 2. The van der Waals surface area contributed by atoms with Crippen molar-refractivity contribution in [2.24, 2.45) is 11.7 Å². The first-order valence-electron chi connectivity index (χ1n) is 5.37. The van der Waals surface area contributed by atoms with Gasteiger partial charge in [-0.2, -0.15) is 0 Å². The minimum absolute atomic E-state index is 0.0206. The molecule has 3 atom stereocenters. The molecule has 5 nitrogen and oxygen atoms in total. The van der Waals surface area contributed by atoms with Gasteiger partial charge >= 0.3 is 0 Å². The van der Waals surface area contributed by atoms with Crippen LogP contribution in [0.2, 0.25) is 0 Å². The highest BCUT2D eigenvalue weighted by Crippen LogP contribution is 2.34. The van der Waals surface area contributed by atoms with Gasteiger partial charge in [0.25, 0.3) is 0 Å². The van der Waals surface area contributed by atoms with Gasteiger partial charge in [0.1, 0.15) is 0 Å². The number of likely N-dealkylation sites (N-methyl/N-ethyl adjacent to an activating group) is 1. The van der Waals surface area contributed by atoms with E-state index >= 15 is 0 Å². The van der Waals surface area contributed by atoms with Crippen molar-refractivity contribution in [3.63, 3.8) is 0 Å². The maximum Gasteiger partial charge on any atom is 0.237 e. The van der Waals surface area contributed by atoms with Crippen LogP contribution in [0.5, 0.6) is 0 Å². The van der Waals surface area contributed by atoms with Crippen molar-refractivity contribution in [2.45, 2.75) is 31.3 Å². The highest BCUT2D eigenvalue weighted by Gasteiger charge is 2.43. The van der Waals surface area contributed by atoms with Crippen LogP contribution in [0.3, 0.4) is 0 Å². The standard InChI is InChI=1S/C10H17N3O2/c1-13(5-9(11)14)10(15)7-4-6-2-3-8(7)12-6/h6-8,12H,2-5H2,1H3,(H2,11,14).